The zero-order chi connectivity index (χ0) is 9.42. The Morgan fingerprint density at radius 2 is 1.92 bits per heavy atom. The lowest BCUT2D eigenvalue weighted by Crippen LogP contribution is -1.86. The monoisotopic (exact) mass is 237 g/mol. The first-order valence-electron chi connectivity index (χ1n) is 4.46. The van der Waals surface area contributed by atoms with E-state index >= 15 is 0 Å². The molecule has 1 aromatic heterocycles. The van der Waals surface area contributed by atoms with Crippen molar-refractivity contribution in [3.05, 3.63) is 34.4 Å². The van der Waals surface area contributed by atoms with Crippen molar-refractivity contribution in [2.24, 2.45) is 0 Å². The second kappa shape index (κ2) is 3.18. The van der Waals surface area contributed by atoms with Gasteiger partial charge >= 0.3 is 0 Å². The summed E-state index contributed by atoms with van der Waals surface area (Å²) in [5.41, 5.74) is 2.49. The predicted molar refractivity (Wildman–Crippen MR) is 60.1 cm³/mol. The minimum Gasteiger partial charge on any atom is -0.357 e. The molecule has 0 saturated carbocycles. The van der Waals surface area contributed by atoms with Gasteiger partial charge in [0.2, 0.25) is 0 Å². The molecule has 0 aliphatic heterocycles. The molecule has 0 atom stereocenters. The molecule has 13 heavy (non-hydrogen) atoms. The molecule has 2 rings (SSSR count). The molecule has 0 unspecified atom stereocenters. The second-order valence-electron chi connectivity index (χ2n) is 3.55. The molecular weight excluding hydrogens is 226 g/mol. The highest BCUT2D eigenvalue weighted by Crippen LogP contribution is 2.31. The van der Waals surface area contributed by atoms with E-state index in [0.29, 0.717) is 5.92 Å². The normalized spacial score (nSPS) is 11.4. The van der Waals surface area contributed by atoms with Crippen molar-refractivity contribution < 1.29 is 0 Å². The summed E-state index contributed by atoms with van der Waals surface area (Å²) in [5, 5.41) is 1.27. The fourth-order valence-electron chi connectivity index (χ4n) is 1.53. The summed E-state index contributed by atoms with van der Waals surface area (Å²) in [6, 6.07) is 8.34. The highest BCUT2D eigenvalue weighted by atomic mass is 79.9. The first-order valence-corrected chi connectivity index (χ1v) is 5.25. The van der Waals surface area contributed by atoms with Gasteiger partial charge in [0.05, 0.1) is 0 Å². The molecule has 1 N–H and O–H groups in total. The van der Waals surface area contributed by atoms with Gasteiger partial charge in [0, 0.05) is 21.1 Å². The lowest BCUT2D eigenvalue weighted by Gasteiger charge is -2.00. The molecule has 0 bridgehead atoms. The van der Waals surface area contributed by atoms with Gasteiger partial charge in [0.1, 0.15) is 0 Å². The van der Waals surface area contributed by atoms with Crippen LogP contribution in [0.15, 0.2) is 28.7 Å². The van der Waals surface area contributed by atoms with Crippen LogP contribution in [0.25, 0.3) is 10.9 Å². The highest BCUT2D eigenvalue weighted by molar-refractivity contribution is 9.10. The quantitative estimate of drug-likeness (QED) is 0.771. The largest absolute Gasteiger partial charge is 0.357 e. The van der Waals surface area contributed by atoms with Gasteiger partial charge in [-0.15, -0.1) is 0 Å². The molecule has 2 heteroatoms. The van der Waals surface area contributed by atoms with Gasteiger partial charge in [-0.1, -0.05) is 32.0 Å². The third-order valence-electron chi connectivity index (χ3n) is 2.25. The average Bonchev–Trinajstić information content (AvgIpc) is 2.45. The molecule has 0 aliphatic carbocycles. The molecule has 0 saturated heterocycles. The van der Waals surface area contributed by atoms with Crippen molar-refractivity contribution in [1.29, 1.82) is 0 Å². The third-order valence-corrected chi connectivity index (χ3v) is 3.10. The zero-order valence-corrected chi connectivity index (χ0v) is 9.35. The number of aromatic amines is 1. The maximum atomic E-state index is 3.62. The standard InChI is InChI=1S/C11H12BrN/c1-7(2)11-10(12)8-5-3-4-6-9(8)13-11/h3-7,13H,1-2H3. The summed E-state index contributed by atoms with van der Waals surface area (Å²) in [4.78, 5) is 3.42. The number of aromatic nitrogens is 1. The van der Waals surface area contributed by atoms with E-state index in [-0.39, 0.29) is 0 Å². The van der Waals surface area contributed by atoms with Crippen molar-refractivity contribution in [2.75, 3.05) is 0 Å². The number of rotatable bonds is 1. The number of hydrogen-bond donors (Lipinski definition) is 1. The number of fused-ring (bicyclic) bond motifs is 1. The van der Waals surface area contributed by atoms with E-state index in [2.05, 4.69) is 59.0 Å². The van der Waals surface area contributed by atoms with E-state index in [1.807, 2.05) is 0 Å². The Kier molecular flexibility index (Phi) is 2.16. The summed E-state index contributed by atoms with van der Waals surface area (Å²) in [6.07, 6.45) is 0. The van der Waals surface area contributed by atoms with Crippen LogP contribution in [-0.4, -0.2) is 4.98 Å². The van der Waals surface area contributed by atoms with E-state index in [1.54, 1.807) is 0 Å². The van der Waals surface area contributed by atoms with Gasteiger partial charge in [-0.2, -0.15) is 0 Å². The number of benzene rings is 1. The van der Waals surface area contributed by atoms with Gasteiger partial charge in [-0.05, 0) is 27.9 Å². The maximum absolute atomic E-state index is 3.62. The highest BCUT2D eigenvalue weighted by Gasteiger charge is 2.10. The minimum absolute atomic E-state index is 0.529. The molecule has 1 heterocycles. The first kappa shape index (κ1) is 8.82. The number of H-pyrrole nitrogens is 1. The Bertz CT molecular complexity index is 429. The fraction of sp³-hybridized carbons (Fsp3) is 0.273. The molecule has 2 aromatic rings. The molecule has 1 aromatic carbocycles. The van der Waals surface area contributed by atoms with Gasteiger partial charge in [-0.25, -0.2) is 0 Å². The third kappa shape index (κ3) is 1.39. The molecule has 0 spiro atoms. The van der Waals surface area contributed by atoms with E-state index < -0.39 is 0 Å². The van der Waals surface area contributed by atoms with Crippen molar-refractivity contribution in [3.8, 4) is 0 Å². The van der Waals surface area contributed by atoms with Crippen LogP contribution in [0.2, 0.25) is 0 Å². The summed E-state index contributed by atoms with van der Waals surface area (Å²) in [6.45, 7) is 4.38. The Morgan fingerprint density at radius 3 is 2.54 bits per heavy atom. The zero-order valence-electron chi connectivity index (χ0n) is 7.76. The fourth-order valence-corrected chi connectivity index (χ4v) is 2.43. The summed E-state index contributed by atoms with van der Waals surface area (Å²) < 4.78 is 1.21. The molecule has 0 radical (unpaired) electrons. The topological polar surface area (TPSA) is 15.8 Å². The maximum Gasteiger partial charge on any atom is 0.0467 e. The van der Waals surface area contributed by atoms with Crippen LogP contribution in [0.4, 0.5) is 0 Å². The van der Waals surface area contributed by atoms with Crippen molar-refractivity contribution in [3.63, 3.8) is 0 Å². The molecular formula is C11H12BrN. The number of nitrogens with one attached hydrogen (secondary N) is 1. The second-order valence-corrected chi connectivity index (χ2v) is 4.35. The Balaban J connectivity index is 2.74. The molecule has 0 fully saturated rings. The first-order chi connectivity index (χ1) is 6.20. The predicted octanol–water partition coefficient (Wildman–Crippen LogP) is 4.05. The Morgan fingerprint density at radius 1 is 1.23 bits per heavy atom. The van der Waals surface area contributed by atoms with E-state index in [9.17, 15) is 0 Å². The van der Waals surface area contributed by atoms with Crippen LogP contribution in [-0.2, 0) is 0 Å². The molecule has 68 valence electrons. The van der Waals surface area contributed by atoms with E-state index in [0.717, 1.165) is 0 Å². The summed E-state index contributed by atoms with van der Waals surface area (Å²) in [5.74, 6) is 0.529. The Hall–Kier alpha value is -0.760. The lowest BCUT2D eigenvalue weighted by atomic mass is 10.1. The number of halogens is 1. The van der Waals surface area contributed by atoms with Gasteiger partial charge in [-0.3, -0.25) is 0 Å². The van der Waals surface area contributed by atoms with Crippen molar-refractivity contribution in [1.82, 2.24) is 4.98 Å². The van der Waals surface area contributed by atoms with Crippen LogP contribution in [0.3, 0.4) is 0 Å². The van der Waals surface area contributed by atoms with Gasteiger partial charge in [0.15, 0.2) is 0 Å². The van der Waals surface area contributed by atoms with Gasteiger partial charge < -0.3 is 4.98 Å². The van der Waals surface area contributed by atoms with E-state index in [1.165, 1.54) is 21.1 Å². The van der Waals surface area contributed by atoms with Crippen molar-refractivity contribution >= 4 is 26.8 Å². The van der Waals surface area contributed by atoms with Crippen LogP contribution < -0.4 is 0 Å². The molecule has 0 amide bonds. The summed E-state index contributed by atoms with van der Waals surface area (Å²) in [7, 11) is 0. The van der Waals surface area contributed by atoms with Gasteiger partial charge in [0.25, 0.3) is 0 Å². The summed E-state index contributed by atoms with van der Waals surface area (Å²) >= 11 is 3.62. The van der Waals surface area contributed by atoms with Crippen molar-refractivity contribution in [2.45, 2.75) is 19.8 Å². The molecule has 1 nitrogen and oxygen atoms in total. The Labute approximate surface area is 86.3 Å². The van der Waals surface area contributed by atoms with Crippen LogP contribution in [0.5, 0.6) is 0 Å². The van der Waals surface area contributed by atoms with Crippen LogP contribution in [0, 0.1) is 0 Å². The van der Waals surface area contributed by atoms with Crippen LogP contribution >= 0.6 is 15.9 Å². The minimum atomic E-state index is 0.529. The number of para-hydroxylation sites is 1. The number of hydrogen-bond acceptors (Lipinski definition) is 0. The SMILES string of the molecule is CC(C)c1[nH]c2ccccc2c1Br. The smallest absolute Gasteiger partial charge is 0.0467 e. The lowest BCUT2D eigenvalue weighted by molar-refractivity contribution is 0.831. The average molecular weight is 238 g/mol. The molecule has 0 aliphatic rings. The van der Waals surface area contributed by atoms with Crippen LogP contribution in [0.1, 0.15) is 25.5 Å². The van der Waals surface area contributed by atoms with E-state index in [4.69, 9.17) is 0 Å².